The van der Waals surface area contributed by atoms with Crippen LogP contribution in [0.15, 0.2) is 22.8 Å². The maximum absolute atomic E-state index is 10.7. The molecule has 0 radical (unpaired) electrons. The highest BCUT2D eigenvalue weighted by Crippen LogP contribution is 2.04. The first-order valence-electron chi connectivity index (χ1n) is 3.52. The number of carbonyl (C=O) groups is 1. The monoisotopic (exact) mass is 170 g/mol. The van der Waals surface area contributed by atoms with Gasteiger partial charge in [-0.3, -0.25) is 0 Å². The molecular weight excluding hydrogens is 160 g/mol. The summed E-state index contributed by atoms with van der Waals surface area (Å²) in [5.74, 6) is -0.0840. The fraction of sp³-hybridized carbons (Fsp3) is 0.375. The highest BCUT2D eigenvalue weighted by Gasteiger charge is 2.16. The topological polar surface area (TPSA) is 59.7 Å². The SMILES string of the molecule is COC(=O)[C@@H](O)Cc1ccco1. The van der Waals surface area contributed by atoms with Crippen molar-refractivity contribution in [1.82, 2.24) is 0 Å². The lowest BCUT2D eigenvalue weighted by molar-refractivity contribution is -0.150. The van der Waals surface area contributed by atoms with Crippen LogP contribution in [-0.2, 0) is 16.0 Å². The predicted octanol–water partition coefficient (Wildman–Crippen LogP) is 0.356. The Morgan fingerprint density at radius 2 is 2.58 bits per heavy atom. The van der Waals surface area contributed by atoms with E-state index in [-0.39, 0.29) is 6.42 Å². The largest absolute Gasteiger partial charge is 0.469 e. The van der Waals surface area contributed by atoms with Gasteiger partial charge in [0.15, 0.2) is 6.10 Å². The lowest BCUT2D eigenvalue weighted by atomic mass is 10.2. The Morgan fingerprint density at radius 3 is 3.08 bits per heavy atom. The van der Waals surface area contributed by atoms with E-state index in [1.807, 2.05) is 0 Å². The van der Waals surface area contributed by atoms with Crippen LogP contribution < -0.4 is 0 Å². The fourth-order valence-electron chi connectivity index (χ4n) is 0.839. The summed E-state index contributed by atoms with van der Waals surface area (Å²) in [7, 11) is 1.23. The number of rotatable bonds is 3. The van der Waals surface area contributed by atoms with Gasteiger partial charge in [-0.05, 0) is 12.1 Å². The molecule has 1 heterocycles. The van der Waals surface area contributed by atoms with E-state index in [0.29, 0.717) is 5.76 Å². The minimum atomic E-state index is -1.14. The third kappa shape index (κ3) is 2.10. The van der Waals surface area contributed by atoms with Gasteiger partial charge >= 0.3 is 5.97 Å². The molecule has 0 unspecified atom stereocenters. The molecule has 12 heavy (non-hydrogen) atoms. The Kier molecular flexibility index (Phi) is 2.88. The summed E-state index contributed by atoms with van der Waals surface area (Å²) in [4.78, 5) is 10.7. The van der Waals surface area contributed by atoms with Gasteiger partial charge in [-0.15, -0.1) is 0 Å². The van der Waals surface area contributed by atoms with Gasteiger partial charge in [0, 0.05) is 6.42 Å². The molecule has 0 aliphatic carbocycles. The number of esters is 1. The van der Waals surface area contributed by atoms with Crippen molar-refractivity contribution < 1.29 is 19.1 Å². The highest BCUT2D eigenvalue weighted by atomic mass is 16.5. The first-order valence-corrected chi connectivity index (χ1v) is 3.52. The molecule has 0 saturated heterocycles. The smallest absolute Gasteiger partial charge is 0.335 e. The van der Waals surface area contributed by atoms with Gasteiger partial charge in [-0.1, -0.05) is 0 Å². The summed E-state index contributed by atoms with van der Waals surface area (Å²) < 4.78 is 9.26. The zero-order valence-corrected chi connectivity index (χ0v) is 6.69. The van der Waals surface area contributed by atoms with Crippen LogP contribution in [0.3, 0.4) is 0 Å². The van der Waals surface area contributed by atoms with Crippen LogP contribution in [0.5, 0.6) is 0 Å². The molecule has 0 aliphatic rings. The Labute approximate surface area is 69.8 Å². The van der Waals surface area contributed by atoms with Crippen LogP contribution in [0, 0.1) is 0 Å². The minimum Gasteiger partial charge on any atom is -0.469 e. The average molecular weight is 170 g/mol. The Balaban J connectivity index is 2.47. The average Bonchev–Trinajstić information content (AvgIpc) is 2.55. The molecule has 4 heteroatoms. The van der Waals surface area contributed by atoms with Gasteiger partial charge < -0.3 is 14.3 Å². The maximum atomic E-state index is 10.7. The van der Waals surface area contributed by atoms with E-state index in [1.54, 1.807) is 12.1 Å². The molecular formula is C8H10O4. The molecule has 1 atom stereocenters. The number of ether oxygens (including phenoxy) is 1. The molecule has 0 aliphatic heterocycles. The Morgan fingerprint density at radius 1 is 1.83 bits per heavy atom. The number of aliphatic hydroxyl groups excluding tert-OH is 1. The molecule has 1 rings (SSSR count). The van der Waals surface area contributed by atoms with Gasteiger partial charge in [-0.25, -0.2) is 4.79 Å². The summed E-state index contributed by atoms with van der Waals surface area (Å²) in [5.41, 5.74) is 0. The fourth-order valence-corrected chi connectivity index (χ4v) is 0.839. The maximum Gasteiger partial charge on any atom is 0.335 e. The Bertz CT molecular complexity index is 240. The van der Waals surface area contributed by atoms with E-state index in [0.717, 1.165) is 0 Å². The van der Waals surface area contributed by atoms with Crippen LogP contribution in [0.25, 0.3) is 0 Å². The third-order valence-electron chi connectivity index (χ3n) is 1.45. The van der Waals surface area contributed by atoms with E-state index in [1.165, 1.54) is 13.4 Å². The van der Waals surface area contributed by atoms with Crippen molar-refractivity contribution in [2.24, 2.45) is 0 Å². The summed E-state index contributed by atoms with van der Waals surface area (Å²) in [6, 6.07) is 3.38. The van der Waals surface area contributed by atoms with Crippen molar-refractivity contribution in [3.8, 4) is 0 Å². The van der Waals surface area contributed by atoms with Gasteiger partial charge in [0.1, 0.15) is 5.76 Å². The van der Waals surface area contributed by atoms with Crippen molar-refractivity contribution in [3.63, 3.8) is 0 Å². The molecule has 4 nitrogen and oxygen atoms in total. The van der Waals surface area contributed by atoms with Crippen molar-refractivity contribution in [3.05, 3.63) is 24.2 Å². The standard InChI is InChI=1S/C8H10O4/c1-11-8(10)7(9)5-6-3-2-4-12-6/h2-4,7,9H,5H2,1H3/t7-/m0/s1. The van der Waals surface area contributed by atoms with Gasteiger partial charge in [-0.2, -0.15) is 0 Å². The summed E-state index contributed by atoms with van der Waals surface area (Å²) in [6.07, 6.45) is 0.500. The summed E-state index contributed by atoms with van der Waals surface area (Å²) in [6.45, 7) is 0. The van der Waals surface area contributed by atoms with Gasteiger partial charge in [0.05, 0.1) is 13.4 Å². The van der Waals surface area contributed by atoms with E-state index in [9.17, 15) is 4.79 Å². The molecule has 1 N–H and O–H groups in total. The highest BCUT2D eigenvalue weighted by molar-refractivity contribution is 5.74. The van der Waals surface area contributed by atoms with E-state index in [2.05, 4.69) is 4.74 Å². The molecule has 0 saturated carbocycles. The van der Waals surface area contributed by atoms with Crippen molar-refractivity contribution in [2.45, 2.75) is 12.5 Å². The van der Waals surface area contributed by atoms with Crippen LogP contribution >= 0.6 is 0 Å². The zero-order valence-electron chi connectivity index (χ0n) is 6.69. The number of hydrogen-bond acceptors (Lipinski definition) is 4. The van der Waals surface area contributed by atoms with Gasteiger partial charge in [0.25, 0.3) is 0 Å². The van der Waals surface area contributed by atoms with E-state index in [4.69, 9.17) is 9.52 Å². The molecule has 1 aromatic heterocycles. The first kappa shape index (κ1) is 8.80. The molecule has 0 fully saturated rings. The Hall–Kier alpha value is -1.29. The van der Waals surface area contributed by atoms with Crippen molar-refractivity contribution in [1.29, 1.82) is 0 Å². The number of carbonyl (C=O) groups excluding carboxylic acids is 1. The second-order valence-electron chi connectivity index (χ2n) is 2.32. The molecule has 0 spiro atoms. The van der Waals surface area contributed by atoms with Crippen molar-refractivity contribution in [2.75, 3.05) is 7.11 Å². The lowest BCUT2D eigenvalue weighted by Crippen LogP contribution is -2.23. The third-order valence-corrected chi connectivity index (χ3v) is 1.45. The quantitative estimate of drug-likeness (QED) is 0.665. The number of hydrogen-bond donors (Lipinski definition) is 1. The first-order chi connectivity index (χ1) is 5.74. The lowest BCUT2D eigenvalue weighted by Gasteiger charge is -2.04. The van der Waals surface area contributed by atoms with E-state index >= 15 is 0 Å². The van der Waals surface area contributed by atoms with Crippen LogP contribution in [0.1, 0.15) is 5.76 Å². The summed E-state index contributed by atoms with van der Waals surface area (Å²) in [5, 5.41) is 9.15. The van der Waals surface area contributed by atoms with Crippen LogP contribution in [0.2, 0.25) is 0 Å². The van der Waals surface area contributed by atoms with Crippen LogP contribution in [-0.4, -0.2) is 24.3 Å². The normalized spacial score (nSPS) is 12.5. The molecule has 0 aromatic carbocycles. The second-order valence-corrected chi connectivity index (χ2v) is 2.32. The number of aliphatic hydroxyl groups is 1. The van der Waals surface area contributed by atoms with Crippen molar-refractivity contribution >= 4 is 5.97 Å². The van der Waals surface area contributed by atoms with Crippen LogP contribution in [0.4, 0.5) is 0 Å². The molecule has 1 aromatic rings. The number of methoxy groups -OCH3 is 1. The minimum absolute atomic E-state index is 0.152. The zero-order chi connectivity index (χ0) is 8.97. The summed E-state index contributed by atoms with van der Waals surface area (Å²) >= 11 is 0. The predicted molar refractivity (Wildman–Crippen MR) is 40.4 cm³/mol. The van der Waals surface area contributed by atoms with Gasteiger partial charge in [0.2, 0.25) is 0 Å². The molecule has 66 valence electrons. The molecule has 0 amide bonds. The second kappa shape index (κ2) is 3.92. The molecule has 0 bridgehead atoms. The number of furan rings is 1. The van der Waals surface area contributed by atoms with E-state index < -0.39 is 12.1 Å².